The van der Waals surface area contributed by atoms with Crippen LogP contribution < -0.4 is 19.5 Å². The predicted molar refractivity (Wildman–Crippen MR) is 111 cm³/mol. The minimum Gasteiger partial charge on any atom is -0.493 e. The second kappa shape index (κ2) is 8.60. The van der Waals surface area contributed by atoms with Crippen LogP contribution in [-0.2, 0) is 0 Å². The Morgan fingerprint density at radius 3 is 2.07 bits per heavy atom. The lowest BCUT2D eigenvalue weighted by molar-refractivity contribution is 0.102. The van der Waals surface area contributed by atoms with E-state index in [9.17, 15) is 4.79 Å². The average Bonchev–Trinajstić information content (AvgIpc) is 2.73. The average molecular weight is 393 g/mol. The van der Waals surface area contributed by atoms with Crippen molar-refractivity contribution in [3.8, 4) is 28.6 Å². The topological polar surface area (TPSA) is 82.6 Å². The Kier molecular flexibility index (Phi) is 5.97. The molecule has 0 saturated carbocycles. The zero-order valence-electron chi connectivity index (χ0n) is 17.1. The van der Waals surface area contributed by atoms with Crippen LogP contribution in [0.25, 0.3) is 11.4 Å². The summed E-state index contributed by atoms with van der Waals surface area (Å²) in [5.41, 5.74) is 3.53. The van der Waals surface area contributed by atoms with E-state index in [4.69, 9.17) is 14.2 Å². The third-order valence-corrected chi connectivity index (χ3v) is 4.46. The lowest BCUT2D eigenvalue weighted by Gasteiger charge is -2.15. The maximum absolute atomic E-state index is 12.8. The van der Waals surface area contributed by atoms with E-state index < -0.39 is 0 Å². The van der Waals surface area contributed by atoms with E-state index in [1.807, 2.05) is 31.2 Å². The van der Waals surface area contributed by atoms with Crippen LogP contribution in [0.5, 0.6) is 17.2 Å². The lowest BCUT2D eigenvalue weighted by atomic mass is 10.1. The van der Waals surface area contributed by atoms with Crippen molar-refractivity contribution in [2.24, 2.45) is 0 Å². The number of hydrogen-bond acceptors (Lipinski definition) is 6. The summed E-state index contributed by atoms with van der Waals surface area (Å²) in [5.74, 6) is 1.60. The van der Waals surface area contributed by atoms with Crippen LogP contribution in [0.2, 0.25) is 0 Å². The van der Waals surface area contributed by atoms with Gasteiger partial charge in [-0.15, -0.1) is 0 Å². The van der Waals surface area contributed by atoms with Gasteiger partial charge >= 0.3 is 0 Å². The lowest BCUT2D eigenvalue weighted by Crippen LogP contribution is -2.15. The number of amides is 1. The standard InChI is InChI=1S/C22H23N3O4/c1-13-6-8-15(9-7-13)21-23-12-17(14(2)24-21)22(26)25-16-10-18(27-3)20(29-5)19(11-16)28-4/h6-12H,1-5H3,(H,25,26). The number of methoxy groups -OCH3 is 3. The van der Waals surface area contributed by atoms with Crippen LogP contribution in [0.4, 0.5) is 5.69 Å². The van der Waals surface area contributed by atoms with Gasteiger partial charge in [-0.1, -0.05) is 29.8 Å². The van der Waals surface area contributed by atoms with Crippen molar-refractivity contribution in [1.29, 1.82) is 0 Å². The molecule has 0 aliphatic carbocycles. The third-order valence-electron chi connectivity index (χ3n) is 4.46. The van der Waals surface area contributed by atoms with Gasteiger partial charge in [0.25, 0.3) is 5.91 Å². The van der Waals surface area contributed by atoms with Crippen LogP contribution >= 0.6 is 0 Å². The SMILES string of the molecule is COc1cc(NC(=O)c2cnc(-c3ccc(C)cc3)nc2C)cc(OC)c1OC. The highest BCUT2D eigenvalue weighted by Crippen LogP contribution is 2.40. The van der Waals surface area contributed by atoms with Crippen LogP contribution in [0.3, 0.4) is 0 Å². The highest BCUT2D eigenvalue weighted by molar-refractivity contribution is 6.05. The molecule has 3 aromatic rings. The number of ether oxygens (including phenoxy) is 3. The predicted octanol–water partition coefficient (Wildman–Crippen LogP) is 4.04. The van der Waals surface area contributed by atoms with E-state index >= 15 is 0 Å². The molecule has 0 bridgehead atoms. The number of carbonyl (C=O) groups is 1. The van der Waals surface area contributed by atoms with Gasteiger partial charge in [-0.05, 0) is 13.8 Å². The smallest absolute Gasteiger partial charge is 0.259 e. The molecule has 2 aromatic carbocycles. The van der Waals surface area contributed by atoms with Gasteiger partial charge in [-0.3, -0.25) is 4.79 Å². The Labute approximate surface area is 169 Å². The fourth-order valence-electron chi connectivity index (χ4n) is 2.88. The largest absolute Gasteiger partial charge is 0.493 e. The molecule has 0 radical (unpaired) electrons. The van der Waals surface area contributed by atoms with Crippen molar-refractivity contribution < 1.29 is 19.0 Å². The Morgan fingerprint density at radius 1 is 0.931 bits per heavy atom. The van der Waals surface area contributed by atoms with E-state index in [0.29, 0.717) is 40.0 Å². The Hall–Kier alpha value is -3.61. The van der Waals surface area contributed by atoms with Gasteiger partial charge in [0, 0.05) is 29.6 Å². The molecule has 0 unspecified atom stereocenters. The van der Waals surface area contributed by atoms with Crippen molar-refractivity contribution >= 4 is 11.6 Å². The van der Waals surface area contributed by atoms with Gasteiger partial charge in [0.05, 0.1) is 32.6 Å². The Morgan fingerprint density at radius 2 is 1.55 bits per heavy atom. The fourth-order valence-corrected chi connectivity index (χ4v) is 2.88. The molecule has 0 spiro atoms. The number of carbonyl (C=O) groups excluding carboxylic acids is 1. The zero-order chi connectivity index (χ0) is 21.0. The molecule has 1 heterocycles. The highest BCUT2D eigenvalue weighted by Gasteiger charge is 2.17. The molecule has 0 aliphatic heterocycles. The molecule has 1 amide bonds. The van der Waals surface area contributed by atoms with Crippen molar-refractivity contribution in [3.63, 3.8) is 0 Å². The van der Waals surface area contributed by atoms with Crippen LogP contribution in [0, 0.1) is 13.8 Å². The molecule has 150 valence electrons. The molecule has 1 aromatic heterocycles. The minimum atomic E-state index is -0.327. The molecule has 3 rings (SSSR count). The second-order valence-electron chi connectivity index (χ2n) is 6.43. The van der Waals surface area contributed by atoms with E-state index in [2.05, 4.69) is 15.3 Å². The van der Waals surface area contributed by atoms with E-state index in [1.54, 1.807) is 19.1 Å². The van der Waals surface area contributed by atoms with Crippen LogP contribution in [0.1, 0.15) is 21.6 Å². The first-order chi connectivity index (χ1) is 14.0. The molecule has 0 atom stereocenters. The number of aryl methyl sites for hydroxylation is 2. The summed E-state index contributed by atoms with van der Waals surface area (Å²) in [4.78, 5) is 21.6. The molecule has 7 nitrogen and oxygen atoms in total. The highest BCUT2D eigenvalue weighted by atomic mass is 16.5. The molecule has 29 heavy (non-hydrogen) atoms. The normalized spacial score (nSPS) is 10.4. The number of hydrogen-bond donors (Lipinski definition) is 1. The fraction of sp³-hybridized carbons (Fsp3) is 0.227. The summed E-state index contributed by atoms with van der Waals surface area (Å²) in [5, 5.41) is 2.83. The first-order valence-electron chi connectivity index (χ1n) is 8.99. The summed E-state index contributed by atoms with van der Waals surface area (Å²) in [7, 11) is 4.56. The number of nitrogens with zero attached hydrogens (tertiary/aromatic N) is 2. The van der Waals surface area contributed by atoms with Crippen molar-refractivity contribution in [2.75, 3.05) is 26.6 Å². The van der Waals surface area contributed by atoms with Gasteiger partial charge < -0.3 is 19.5 Å². The monoisotopic (exact) mass is 393 g/mol. The molecular weight excluding hydrogens is 370 g/mol. The van der Waals surface area contributed by atoms with Gasteiger partial charge in [0.15, 0.2) is 17.3 Å². The maximum Gasteiger partial charge on any atom is 0.259 e. The molecule has 7 heteroatoms. The van der Waals surface area contributed by atoms with Crippen molar-refractivity contribution in [1.82, 2.24) is 9.97 Å². The molecule has 0 fully saturated rings. The van der Waals surface area contributed by atoms with Crippen molar-refractivity contribution in [2.45, 2.75) is 13.8 Å². The molecular formula is C22H23N3O4. The number of aromatic nitrogens is 2. The number of rotatable bonds is 6. The van der Waals surface area contributed by atoms with E-state index in [1.165, 1.54) is 27.5 Å². The van der Waals surface area contributed by atoms with Crippen LogP contribution in [-0.4, -0.2) is 37.2 Å². The van der Waals surface area contributed by atoms with E-state index in [-0.39, 0.29) is 5.91 Å². The zero-order valence-corrected chi connectivity index (χ0v) is 17.1. The first-order valence-corrected chi connectivity index (χ1v) is 8.99. The molecule has 1 N–H and O–H groups in total. The maximum atomic E-state index is 12.8. The van der Waals surface area contributed by atoms with Gasteiger partial charge in [0.2, 0.25) is 5.75 Å². The van der Waals surface area contributed by atoms with Crippen molar-refractivity contribution in [3.05, 3.63) is 59.4 Å². The van der Waals surface area contributed by atoms with Gasteiger partial charge in [-0.2, -0.15) is 0 Å². The number of anilines is 1. The Bertz CT molecular complexity index is 1010. The summed E-state index contributed by atoms with van der Waals surface area (Å²) in [6, 6.07) is 11.2. The minimum absolute atomic E-state index is 0.327. The first kappa shape index (κ1) is 20.1. The Balaban J connectivity index is 1.87. The third kappa shape index (κ3) is 4.29. The number of nitrogens with one attached hydrogen (secondary N) is 1. The quantitative estimate of drug-likeness (QED) is 0.681. The second-order valence-corrected chi connectivity index (χ2v) is 6.43. The van der Waals surface area contributed by atoms with Gasteiger partial charge in [0.1, 0.15) is 0 Å². The summed E-state index contributed by atoms with van der Waals surface area (Å²) in [6.07, 6.45) is 1.53. The molecule has 0 aliphatic rings. The van der Waals surface area contributed by atoms with E-state index in [0.717, 1.165) is 11.1 Å². The summed E-state index contributed by atoms with van der Waals surface area (Å²) in [6.45, 7) is 3.80. The summed E-state index contributed by atoms with van der Waals surface area (Å²) >= 11 is 0. The van der Waals surface area contributed by atoms with Gasteiger partial charge in [-0.25, -0.2) is 9.97 Å². The molecule has 0 saturated heterocycles. The summed E-state index contributed by atoms with van der Waals surface area (Å²) < 4.78 is 15.9. The number of benzene rings is 2. The van der Waals surface area contributed by atoms with Crippen LogP contribution in [0.15, 0.2) is 42.6 Å².